The number of hydrogen-bond donors (Lipinski definition) is 2. The number of anilines is 2. The maximum absolute atomic E-state index is 13.5. The van der Waals surface area contributed by atoms with E-state index in [2.05, 4.69) is 10.6 Å². The molecule has 2 heterocycles. The van der Waals surface area contributed by atoms with Crippen molar-refractivity contribution in [2.45, 2.75) is 24.7 Å². The molecule has 10 nitrogen and oxygen atoms in total. The van der Waals surface area contributed by atoms with Gasteiger partial charge in [0.15, 0.2) is 6.61 Å². The highest BCUT2D eigenvalue weighted by atomic mass is 35.5. The van der Waals surface area contributed by atoms with Crippen LogP contribution in [0.2, 0.25) is 5.02 Å². The van der Waals surface area contributed by atoms with Crippen LogP contribution in [-0.2, 0) is 19.6 Å². The van der Waals surface area contributed by atoms with Crippen LogP contribution in [0.25, 0.3) is 0 Å². The van der Waals surface area contributed by atoms with Crippen LogP contribution in [0.15, 0.2) is 29.2 Å². The average Bonchev–Trinajstić information content (AvgIpc) is 2.84. The Kier molecular flexibility index (Phi) is 7.11. The number of nitrogens with zero attached hydrogens (tertiary/aromatic N) is 1. The molecule has 0 aromatic heterocycles. The van der Waals surface area contributed by atoms with Gasteiger partial charge >= 0.3 is 0 Å². The van der Waals surface area contributed by atoms with Gasteiger partial charge in [0.1, 0.15) is 22.9 Å². The first-order valence-electron chi connectivity index (χ1n) is 10.9. The molecule has 1 atom stereocenters. The monoisotopic (exact) mass is 523 g/mol. The number of sulfonamides is 1. The number of ether oxygens (including phenoxy) is 3. The lowest BCUT2D eigenvalue weighted by atomic mass is 9.98. The van der Waals surface area contributed by atoms with Gasteiger partial charge < -0.3 is 24.8 Å². The zero-order valence-electron chi connectivity index (χ0n) is 19.5. The van der Waals surface area contributed by atoms with E-state index in [1.54, 1.807) is 25.1 Å². The van der Waals surface area contributed by atoms with Gasteiger partial charge in [0.2, 0.25) is 15.9 Å². The Hall–Kier alpha value is -3.02. The van der Waals surface area contributed by atoms with E-state index in [0.717, 1.165) is 0 Å². The van der Waals surface area contributed by atoms with Gasteiger partial charge in [0, 0.05) is 31.3 Å². The fraction of sp³-hybridized carbons (Fsp3) is 0.391. The molecule has 0 bridgehead atoms. The summed E-state index contributed by atoms with van der Waals surface area (Å²) in [5.41, 5.74) is 1.19. The van der Waals surface area contributed by atoms with E-state index in [1.165, 1.54) is 24.6 Å². The summed E-state index contributed by atoms with van der Waals surface area (Å²) in [5, 5.41) is 5.70. The van der Waals surface area contributed by atoms with Crippen molar-refractivity contribution in [1.82, 2.24) is 4.31 Å². The third-order valence-corrected chi connectivity index (χ3v) is 8.32. The molecule has 35 heavy (non-hydrogen) atoms. The Balaban J connectivity index is 1.54. The number of fused-ring (bicyclic) bond motifs is 1. The highest BCUT2D eigenvalue weighted by Gasteiger charge is 2.35. The van der Waals surface area contributed by atoms with E-state index < -0.39 is 15.9 Å². The molecule has 2 aliphatic heterocycles. The van der Waals surface area contributed by atoms with Gasteiger partial charge in [-0.1, -0.05) is 11.6 Å². The Bertz CT molecular complexity index is 1280. The molecule has 1 fully saturated rings. The number of nitrogens with one attached hydrogen (secondary N) is 2. The van der Waals surface area contributed by atoms with Crippen LogP contribution >= 0.6 is 11.6 Å². The van der Waals surface area contributed by atoms with Crippen LogP contribution in [0, 0.1) is 12.8 Å². The first-order chi connectivity index (χ1) is 16.6. The lowest BCUT2D eigenvalue weighted by molar-refractivity contribution is -0.121. The molecule has 0 saturated carbocycles. The van der Waals surface area contributed by atoms with Crippen LogP contribution in [-0.4, -0.2) is 58.5 Å². The summed E-state index contributed by atoms with van der Waals surface area (Å²) in [6, 6.07) is 6.15. The zero-order chi connectivity index (χ0) is 25.3. The van der Waals surface area contributed by atoms with Crippen LogP contribution in [0.4, 0.5) is 11.4 Å². The molecule has 2 amide bonds. The van der Waals surface area contributed by atoms with E-state index >= 15 is 0 Å². The summed E-state index contributed by atoms with van der Waals surface area (Å²) in [6.07, 6.45) is 1.04. The summed E-state index contributed by atoms with van der Waals surface area (Å²) >= 11 is 6.32. The van der Waals surface area contributed by atoms with Crippen molar-refractivity contribution in [1.29, 1.82) is 0 Å². The number of carbonyl (C=O) groups excluding carboxylic acids is 2. The molecule has 0 aliphatic carbocycles. The van der Waals surface area contributed by atoms with E-state index in [-0.39, 0.29) is 41.4 Å². The van der Waals surface area contributed by atoms with E-state index in [1.807, 2.05) is 0 Å². The standard InChI is InChI=1S/C23H26ClN3O7S/c1-13-7-17-18(34-12-21(28)25-17)10-20(13)35(30,31)27-6-4-5-14(11-27)23(29)26-22-16(24)8-15(32-2)9-19(22)33-3/h7-10,14H,4-6,11-12H2,1-3H3,(H,25,28)(H,26,29)/t14-/m1/s1. The number of carbonyl (C=O) groups is 2. The molecule has 0 radical (unpaired) electrons. The van der Waals surface area contributed by atoms with Crippen molar-refractivity contribution in [3.63, 3.8) is 0 Å². The Morgan fingerprint density at radius 2 is 2.00 bits per heavy atom. The minimum absolute atomic E-state index is 0.0123. The van der Waals surface area contributed by atoms with Crippen molar-refractivity contribution in [2.75, 3.05) is 44.5 Å². The highest BCUT2D eigenvalue weighted by molar-refractivity contribution is 7.89. The van der Waals surface area contributed by atoms with Crippen molar-refractivity contribution < 1.29 is 32.2 Å². The van der Waals surface area contributed by atoms with Gasteiger partial charge in [0.05, 0.1) is 35.7 Å². The molecule has 12 heteroatoms. The number of rotatable bonds is 6. The first kappa shape index (κ1) is 25.1. The minimum Gasteiger partial charge on any atom is -0.497 e. The van der Waals surface area contributed by atoms with E-state index in [0.29, 0.717) is 47.0 Å². The van der Waals surface area contributed by atoms with Gasteiger partial charge in [-0.15, -0.1) is 0 Å². The van der Waals surface area contributed by atoms with Crippen LogP contribution in [0.5, 0.6) is 17.2 Å². The average molecular weight is 524 g/mol. The topological polar surface area (TPSA) is 123 Å². The number of methoxy groups -OCH3 is 2. The van der Waals surface area contributed by atoms with E-state index in [4.69, 9.17) is 25.8 Å². The molecule has 1 saturated heterocycles. The van der Waals surface area contributed by atoms with Crippen molar-refractivity contribution in [3.8, 4) is 17.2 Å². The molecule has 4 rings (SSSR count). The molecule has 2 aromatic rings. The lowest BCUT2D eigenvalue weighted by Crippen LogP contribution is -2.44. The second-order valence-electron chi connectivity index (χ2n) is 8.33. The van der Waals surface area contributed by atoms with Gasteiger partial charge in [-0.3, -0.25) is 9.59 Å². The van der Waals surface area contributed by atoms with Crippen LogP contribution < -0.4 is 24.8 Å². The summed E-state index contributed by atoms with van der Waals surface area (Å²) < 4.78 is 44.2. The fourth-order valence-electron chi connectivity index (χ4n) is 4.19. The van der Waals surface area contributed by atoms with Crippen molar-refractivity contribution >= 4 is 44.8 Å². The van der Waals surface area contributed by atoms with Crippen molar-refractivity contribution in [2.24, 2.45) is 5.92 Å². The zero-order valence-corrected chi connectivity index (χ0v) is 21.1. The molecule has 2 aliphatic rings. The van der Waals surface area contributed by atoms with Crippen LogP contribution in [0.3, 0.4) is 0 Å². The predicted octanol–water partition coefficient (Wildman–Crippen LogP) is 3.04. The lowest BCUT2D eigenvalue weighted by Gasteiger charge is -2.32. The molecule has 0 unspecified atom stereocenters. The first-order valence-corrected chi connectivity index (χ1v) is 12.8. The number of aryl methyl sites for hydroxylation is 1. The maximum atomic E-state index is 13.5. The number of amides is 2. The minimum atomic E-state index is -3.92. The smallest absolute Gasteiger partial charge is 0.262 e. The Labute approximate surface area is 208 Å². The van der Waals surface area contributed by atoms with E-state index in [9.17, 15) is 18.0 Å². The second kappa shape index (κ2) is 9.92. The molecule has 188 valence electrons. The molecular weight excluding hydrogens is 498 g/mol. The number of halogens is 1. The molecule has 2 aromatic carbocycles. The normalized spacial score (nSPS) is 18.2. The fourth-order valence-corrected chi connectivity index (χ4v) is 6.18. The van der Waals surface area contributed by atoms with Gasteiger partial charge in [-0.25, -0.2) is 8.42 Å². The largest absolute Gasteiger partial charge is 0.497 e. The second-order valence-corrected chi connectivity index (χ2v) is 10.6. The maximum Gasteiger partial charge on any atom is 0.262 e. The summed E-state index contributed by atoms with van der Waals surface area (Å²) in [4.78, 5) is 24.7. The summed E-state index contributed by atoms with van der Waals surface area (Å²) in [7, 11) is -0.973. The number of benzene rings is 2. The van der Waals surface area contributed by atoms with Gasteiger partial charge in [-0.2, -0.15) is 4.31 Å². The third kappa shape index (κ3) is 5.02. The Morgan fingerprint density at radius 3 is 2.71 bits per heavy atom. The van der Waals surface area contributed by atoms with Crippen molar-refractivity contribution in [3.05, 3.63) is 34.9 Å². The third-order valence-electron chi connectivity index (χ3n) is 6.01. The predicted molar refractivity (Wildman–Crippen MR) is 130 cm³/mol. The summed E-state index contributed by atoms with van der Waals surface area (Å²) in [6.45, 7) is 1.77. The van der Waals surface area contributed by atoms with Gasteiger partial charge in [0.25, 0.3) is 5.91 Å². The summed E-state index contributed by atoms with van der Waals surface area (Å²) in [5.74, 6) is -0.144. The SMILES string of the molecule is COc1cc(Cl)c(NC(=O)[C@@H]2CCCN(S(=O)(=O)c3cc4c(cc3C)NC(=O)CO4)C2)c(OC)c1. The van der Waals surface area contributed by atoms with Gasteiger partial charge in [-0.05, 0) is 31.4 Å². The Morgan fingerprint density at radius 1 is 1.23 bits per heavy atom. The number of hydrogen-bond acceptors (Lipinski definition) is 7. The quantitative estimate of drug-likeness (QED) is 0.596. The molecule has 0 spiro atoms. The highest BCUT2D eigenvalue weighted by Crippen LogP contribution is 2.38. The molecule has 2 N–H and O–H groups in total. The number of piperidine rings is 1. The van der Waals surface area contributed by atoms with Crippen LogP contribution in [0.1, 0.15) is 18.4 Å². The molecular formula is C23H26ClN3O7S.